The van der Waals surface area contributed by atoms with Gasteiger partial charge >= 0.3 is 12.1 Å². The average Bonchev–Trinajstić information content (AvgIpc) is 2.53. The molecule has 2 aromatic rings. The summed E-state index contributed by atoms with van der Waals surface area (Å²) in [7, 11) is 1.24. The highest BCUT2D eigenvalue weighted by Crippen LogP contribution is 2.32. The van der Waals surface area contributed by atoms with Crippen molar-refractivity contribution in [2.75, 3.05) is 7.11 Å². The van der Waals surface area contributed by atoms with Crippen molar-refractivity contribution in [1.82, 2.24) is 0 Å². The standard InChI is InChI=1S/C16H13F3O3/c1-22-15(21)11-7-5-10(6-8-11)14(20)12-3-2-4-13(9-12)16(17,18)19/h2-9,14,20H,1H3. The van der Waals surface area contributed by atoms with Gasteiger partial charge in [-0.15, -0.1) is 0 Å². The van der Waals surface area contributed by atoms with Crippen molar-refractivity contribution in [1.29, 1.82) is 0 Å². The van der Waals surface area contributed by atoms with E-state index in [-0.39, 0.29) is 5.56 Å². The number of carbonyl (C=O) groups excluding carboxylic acids is 1. The Hall–Kier alpha value is -2.34. The molecule has 0 aromatic heterocycles. The molecule has 22 heavy (non-hydrogen) atoms. The number of esters is 1. The quantitative estimate of drug-likeness (QED) is 0.882. The smallest absolute Gasteiger partial charge is 0.416 e. The molecule has 2 aromatic carbocycles. The molecule has 0 aliphatic carbocycles. The van der Waals surface area contributed by atoms with Crippen molar-refractivity contribution in [2.24, 2.45) is 0 Å². The van der Waals surface area contributed by atoms with E-state index < -0.39 is 23.8 Å². The second kappa shape index (κ2) is 6.19. The van der Waals surface area contributed by atoms with Gasteiger partial charge in [0.25, 0.3) is 0 Å². The van der Waals surface area contributed by atoms with Gasteiger partial charge in [0.05, 0.1) is 18.2 Å². The van der Waals surface area contributed by atoms with Gasteiger partial charge in [-0.25, -0.2) is 4.79 Å². The van der Waals surface area contributed by atoms with Gasteiger partial charge in [-0.1, -0.05) is 24.3 Å². The Morgan fingerprint density at radius 2 is 1.73 bits per heavy atom. The second-order valence-electron chi connectivity index (χ2n) is 4.64. The predicted octanol–water partition coefficient (Wildman–Crippen LogP) is 3.57. The van der Waals surface area contributed by atoms with Crippen LogP contribution in [-0.4, -0.2) is 18.2 Å². The fraction of sp³-hybridized carbons (Fsp3) is 0.188. The van der Waals surface area contributed by atoms with Crippen LogP contribution in [0.5, 0.6) is 0 Å². The third-order valence-corrected chi connectivity index (χ3v) is 3.18. The summed E-state index contributed by atoms with van der Waals surface area (Å²) in [6.07, 6.45) is -5.68. The Morgan fingerprint density at radius 3 is 2.27 bits per heavy atom. The van der Waals surface area contributed by atoms with E-state index in [4.69, 9.17) is 0 Å². The predicted molar refractivity (Wildman–Crippen MR) is 73.3 cm³/mol. The molecular weight excluding hydrogens is 297 g/mol. The molecule has 1 atom stereocenters. The van der Waals surface area contributed by atoms with Crippen LogP contribution in [0.1, 0.15) is 33.2 Å². The number of rotatable bonds is 3. The number of hydrogen-bond acceptors (Lipinski definition) is 3. The third-order valence-electron chi connectivity index (χ3n) is 3.18. The molecule has 3 nitrogen and oxygen atoms in total. The fourth-order valence-corrected chi connectivity index (χ4v) is 2.00. The van der Waals surface area contributed by atoms with E-state index in [0.29, 0.717) is 11.1 Å². The topological polar surface area (TPSA) is 46.5 Å². The van der Waals surface area contributed by atoms with E-state index >= 15 is 0 Å². The van der Waals surface area contributed by atoms with E-state index in [0.717, 1.165) is 12.1 Å². The highest BCUT2D eigenvalue weighted by atomic mass is 19.4. The van der Waals surface area contributed by atoms with Crippen molar-refractivity contribution in [3.8, 4) is 0 Å². The highest BCUT2D eigenvalue weighted by Gasteiger charge is 2.31. The van der Waals surface area contributed by atoms with Gasteiger partial charge in [-0.3, -0.25) is 0 Å². The van der Waals surface area contributed by atoms with Gasteiger partial charge < -0.3 is 9.84 Å². The van der Waals surface area contributed by atoms with Gasteiger partial charge in [0, 0.05) is 0 Å². The zero-order valence-electron chi connectivity index (χ0n) is 11.6. The minimum absolute atomic E-state index is 0.126. The molecule has 0 heterocycles. The number of aliphatic hydroxyl groups excluding tert-OH is 1. The molecule has 0 spiro atoms. The minimum atomic E-state index is -4.47. The highest BCUT2D eigenvalue weighted by molar-refractivity contribution is 5.89. The summed E-state index contributed by atoms with van der Waals surface area (Å²) >= 11 is 0. The summed E-state index contributed by atoms with van der Waals surface area (Å²) in [5.41, 5.74) is -0.0228. The second-order valence-corrected chi connectivity index (χ2v) is 4.64. The molecule has 0 aliphatic heterocycles. The number of ether oxygens (including phenoxy) is 1. The van der Waals surface area contributed by atoms with Crippen molar-refractivity contribution in [3.05, 3.63) is 70.8 Å². The number of aliphatic hydroxyl groups is 1. The first-order valence-corrected chi connectivity index (χ1v) is 6.36. The fourth-order valence-electron chi connectivity index (χ4n) is 2.00. The van der Waals surface area contributed by atoms with Gasteiger partial charge in [0.1, 0.15) is 6.10 Å². The lowest BCUT2D eigenvalue weighted by molar-refractivity contribution is -0.137. The molecule has 0 radical (unpaired) electrons. The summed E-state index contributed by atoms with van der Waals surface area (Å²) in [4.78, 5) is 11.3. The Morgan fingerprint density at radius 1 is 1.09 bits per heavy atom. The number of halogens is 3. The normalized spacial score (nSPS) is 12.8. The number of carbonyl (C=O) groups is 1. The first kappa shape index (κ1) is 16.0. The van der Waals surface area contributed by atoms with Crippen molar-refractivity contribution < 1.29 is 27.8 Å². The van der Waals surface area contributed by atoms with Crippen molar-refractivity contribution >= 4 is 5.97 Å². The molecule has 0 saturated carbocycles. The van der Waals surface area contributed by atoms with Crippen LogP contribution < -0.4 is 0 Å². The molecule has 6 heteroatoms. The average molecular weight is 310 g/mol. The molecule has 0 bridgehead atoms. The van der Waals surface area contributed by atoms with E-state index in [1.807, 2.05) is 0 Å². The molecule has 0 fully saturated rings. The van der Waals surface area contributed by atoms with Crippen LogP contribution in [0.3, 0.4) is 0 Å². The van der Waals surface area contributed by atoms with E-state index in [1.54, 1.807) is 0 Å². The van der Waals surface area contributed by atoms with Crippen molar-refractivity contribution in [3.63, 3.8) is 0 Å². The Labute approximate surface area is 125 Å². The first-order chi connectivity index (χ1) is 10.3. The summed E-state index contributed by atoms with van der Waals surface area (Å²) in [5, 5.41) is 10.2. The zero-order chi connectivity index (χ0) is 16.3. The summed E-state index contributed by atoms with van der Waals surface area (Å²) in [6, 6.07) is 10.3. The van der Waals surface area contributed by atoms with Gasteiger partial charge in [-0.05, 0) is 35.4 Å². The lowest BCUT2D eigenvalue weighted by Crippen LogP contribution is -2.07. The Kier molecular flexibility index (Phi) is 4.51. The van der Waals surface area contributed by atoms with Crippen molar-refractivity contribution in [2.45, 2.75) is 12.3 Å². The SMILES string of the molecule is COC(=O)c1ccc(C(O)c2cccc(C(F)(F)F)c2)cc1. The van der Waals surface area contributed by atoms with Crippen LogP contribution in [0.25, 0.3) is 0 Å². The van der Waals surface area contributed by atoms with Crippen LogP contribution in [-0.2, 0) is 10.9 Å². The molecule has 1 unspecified atom stereocenters. The van der Waals surface area contributed by atoms with Crippen LogP contribution in [0.15, 0.2) is 48.5 Å². The maximum absolute atomic E-state index is 12.7. The van der Waals surface area contributed by atoms with E-state index in [2.05, 4.69) is 4.74 Å². The first-order valence-electron chi connectivity index (χ1n) is 6.36. The lowest BCUT2D eigenvalue weighted by Gasteiger charge is -2.14. The molecule has 1 N–H and O–H groups in total. The summed E-state index contributed by atoms with van der Waals surface area (Å²) in [5.74, 6) is -0.528. The largest absolute Gasteiger partial charge is 0.465 e. The molecule has 116 valence electrons. The number of alkyl halides is 3. The minimum Gasteiger partial charge on any atom is -0.465 e. The van der Waals surface area contributed by atoms with Crippen LogP contribution in [0.2, 0.25) is 0 Å². The zero-order valence-corrected chi connectivity index (χ0v) is 11.6. The molecule has 0 aliphatic rings. The monoisotopic (exact) mass is 310 g/mol. The molecular formula is C16H13F3O3. The maximum Gasteiger partial charge on any atom is 0.416 e. The summed E-state index contributed by atoms with van der Waals surface area (Å²) in [6.45, 7) is 0. The van der Waals surface area contributed by atoms with Crippen LogP contribution in [0.4, 0.5) is 13.2 Å². The Bertz CT molecular complexity index is 663. The lowest BCUT2D eigenvalue weighted by atomic mass is 9.98. The molecule has 0 amide bonds. The van der Waals surface area contributed by atoms with E-state index in [1.165, 1.54) is 43.5 Å². The van der Waals surface area contributed by atoms with Gasteiger partial charge in [0.2, 0.25) is 0 Å². The molecule has 2 rings (SSSR count). The number of methoxy groups -OCH3 is 1. The number of hydrogen-bond donors (Lipinski definition) is 1. The van der Waals surface area contributed by atoms with Crippen LogP contribution >= 0.6 is 0 Å². The van der Waals surface area contributed by atoms with Gasteiger partial charge in [-0.2, -0.15) is 13.2 Å². The third kappa shape index (κ3) is 3.46. The summed E-state index contributed by atoms with van der Waals surface area (Å²) < 4.78 is 42.6. The maximum atomic E-state index is 12.7. The van der Waals surface area contributed by atoms with E-state index in [9.17, 15) is 23.1 Å². The van der Waals surface area contributed by atoms with Gasteiger partial charge in [0.15, 0.2) is 0 Å². The Balaban J connectivity index is 2.28. The number of benzene rings is 2. The van der Waals surface area contributed by atoms with Crippen LogP contribution in [0, 0.1) is 0 Å². The molecule has 0 saturated heterocycles.